The summed E-state index contributed by atoms with van der Waals surface area (Å²) in [5, 5.41) is 10.2. The van der Waals surface area contributed by atoms with Crippen LogP contribution in [0.3, 0.4) is 0 Å². The summed E-state index contributed by atoms with van der Waals surface area (Å²) in [6.45, 7) is 6.71. The third-order valence-corrected chi connectivity index (χ3v) is 6.10. The molecular formula is C20H26ClNO4. The summed E-state index contributed by atoms with van der Waals surface area (Å²) in [5.41, 5.74) is -0.192. The van der Waals surface area contributed by atoms with E-state index in [1.54, 1.807) is 24.3 Å². The molecular weight excluding hydrogens is 354 g/mol. The van der Waals surface area contributed by atoms with Crippen molar-refractivity contribution in [3.05, 3.63) is 34.9 Å². The number of nitrogens with zero attached hydrogens (tertiary/aromatic N) is 1. The van der Waals surface area contributed by atoms with E-state index in [0.29, 0.717) is 29.3 Å². The van der Waals surface area contributed by atoms with E-state index in [9.17, 15) is 14.7 Å². The van der Waals surface area contributed by atoms with Crippen LogP contribution in [0, 0.1) is 11.3 Å². The Bertz CT molecular complexity index is 687. The first-order valence-electron chi connectivity index (χ1n) is 9.10. The normalized spacial score (nSPS) is 29.2. The molecule has 142 valence electrons. The van der Waals surface area contributed by atoms with Crippen LogP contribution in [0.5, 0.6) is 0 Å². The van der Waals surface area contributed by atoms with Gasteiger partial charge in [0.2, 0.25) is 0 Å². The fraction of sp³-hybridized carbons (Fsp3) is 0.600. The Balaban J connectivity index is 1.89. The van der Waals surface area contributed by atoms with E-state index in [1.165, 1.54) is 4.90 Å². The Labute approximate surface area is 159 Å². The first kappa shape index (κ1) is 19.2. The van der Waals surface area contributed by atoms with Gasteiger partial charge in [-0.2, -0.15) is 0 Å². The first-order valence-corrected chi connectivity index (χ1v) is 9.48. The Morgan fingerprint density at radius 2 is 1.77 bits per heavy atom. The number of benzene rings is 1. The molecule has 0 radical (unpaired) electrons. The third kappa shape index (κ3) is 3.47. The summed E-state index contributed by atoms with van der Waals surface area (Å²) in [6.07, 6.45) is 3.16. The fourth-order valence-electron chi connectivity index (χ4n) is 4.22. The minimum atomic E-state index is -1.03. The smallest absolute Gasteiger partial charge is 0.328 e. The summed E-state index contributed by atoms with van der Waals surface area (Å²) < 4.78 is 5.99. The van der Waals surface area contributed by atoms with E-state index >= 15 is 0 Å². The number of carboxylic acids is 1. The van der Waals surface area contributed by atoms with Crippen molar-refractivity contribution in [3.8, 4) is 0 Å². The second kappa shape index (κ2) is 6.86. The quantitative estimate of drug-likeness (QED) is 0.836. The standard InChI is InChI=1S/C20H26ClNO4/c1-19(2,3)14-8-10-20(11-9-14)22(16(12-26-20)18(24)25)17(23)13-4-6-15(21)7-5-13/h4-7,14,16H,8-12H2,1-3H3,(H,24,25). The molecule has 1 aliphatic heterocycles. The summed E-state index contributed by atoms with van der Waals surface area (Å²) in [7, 11) is 0. The van der Waals surface area contributed by atoms with E-state index in [-0.39, 0.29) is 17.9 Å². The van der Waals surface area contributed by atoms with Gasteiger partial charge in [0, 0.05) is 10.6 Å². The lowest BCUT2D eigenvalue weighted by Gasteiger charge is -2.46. The van der Waals surface area contributed by atoms with Crippen LogP contribution in [0.4, 0.5) is 0 Å². The third-order valence-electron chi connectivity index (χ3n) is 5.85. The molecule has 2 aliphatic rings. The molecule has 2 fully saturated rings. The van der Waals surface area contributed by atoms with Crippen molar-refractivity contribution in [1.82, 2.24) is 4.90 Å². The van der Waals surface area contributed by atoms with Gasteiger partial charge in [0.25, 0.3) is 5.91 Å². The largest absolute Gasteiger partial charge is 0.480 e. The number of halogens is 1. The van der Waals surface area contributed by atoms with Gasteiger partial charge in [-0.25, -0.2) is 4.79 Å². The second-order valence-electron chi connectivity index (χ2n) is 8.43. The average Bonchev–Trinajstić information content (AvgIpc) is 2.93. The average molecular weight is 380 g/mol. The van der Waals surface area contributed by atoms with E-state index in [2.05, 4.69) is 20.8 Å². The molecule has 1 spiro atoms. The predicted octanol–water partition coefficient (Wildman–Crippen LogP) is 4.20. The lowest BCUT2D eigenvalue weighted by molar-refractivity contribution is -0.144. The monoisotopic (exact) mass is 379 g/mol. The van der Waals surface area contributed by atoms with Crippen LogP contribution in [0.2, 0.25) is 5.02 Å². The maximum absolute atomic E-state index is 13.2. The van der Waals surface area contributed by atoms with Crippen molar-refractivity contribution < 1.29 is 19.4 Å². The molecule has 1 amide bonds. The maximum atomic E-state index is 13.2. The Hall–Kier alpha value is -1.59. The zero-order valence-corrected chi connectivity index (χ0v) is 16.3. The lowest BCUT2D eigenvalue weighted by Crippen LogP contribution is -2.55. The molecule has 26 heavy (non-hydrogen) atoms. The number of carbonyl (C=O) groups excluding carboxylic acids is 1. The zero-order valence-electron chi connectivity index (χ0n) is 15.5. The summed E-state index contributed by atoms with van der Waals surface area (Å²) in [5.74, 6) is -0.795. The highest BCUT2D eigenvalue weighted by Crippen LogP contribution is 2.47. The van der Waals surface area contributed by atoms with Crippen molar-refractivity contribution in [2.45, 2.75) is 58.2 Å². The summed E-state index contributed by atoms with van der Waals surface area (Å²) in [4.78, 5) is 26.4. The molecule has 5 nitrogen and oxygen atoms in total. The van der Waals surface area contributed by atoms with Crippen LogP contribution < -0.4 is 0 Å². The fourth-order valence-corrected chi connectivity index (χ4v) is 4.35. The van der Waals surface area contributed by atoms with E-state index in [4.69, 9.17) is 16.3 Å². The van der Waals surface area contributed by atoms with E-state index in [0.717, 1.165) is 12.8 Å². The number of carboxylic acid groups (broad SMARTS) is 1. The molecule has 1 aromatic carbocycles. The van der Waals surface area contributed by atoms with Gasteiger partial charge in [0.05, 0.1) is 6.61 Å². The maximum Gasteiger partial charge on any atom is 0.328 e. The van der Waals surface area contributed by atoms with Crippen LogP contribution in [0.25, 0.3) is 0 Å². The topological polar surface area (TPSA) is 66.8 Å². The molecule has 1 aromatic rings. The van der Waals surface area contributed by atoms with Crippen LogP contribution in [0.1, 0.15) is 56.8 Å². The Morgan fingerprint density at radius 1 is 1.19 bits per heavy atom. The molecule has 1 saturated heterocycles. The zero-order chi connectivity index (χ0) is 19.1. The molecule has 1 heterocycles. The minimum Gasteiger partial charge on any atom is -0.480 e. The molecule has 1 N–H and O–H groups in total. The minimum absolute atomic E-state index is 0.0366. The number of rotatable bonds is 2. The van der Waals surface area contributed by atoms with Gasteiger partial charge in [0.15, 0.2) is 6.04 Å². The van der Waals surface area contributed by atoms with Gasteiger partial charge in [-0.15, -0.1) is 0 Å². The molecule has 0 bridgehead atoms. The number of amides is 1. The van der Waals surface area contributed by atoms with Crippen molar-refractivity contribution in [2.75, 3.05) is 6.61 Å². The molecule has 3 rings (SSSR count). The van der Waals surface area contributed by atoms with Crippen molar-refractivity contribution in [3.63, 3.8) is 0 Å². The number of hydrogen-bond donors (Lipinski definition) is 1. The highest BCUT2D eigenvalue weighted by atomic mass is 35.5. The van der Waals surface area contributed by atoms with Crippen molar-refractivity contribution in [1.29, 1.82) is 0 Å². The SMILES string of the molecule is CC(C)(C)C1CCC2(CC1)OCC(C(=O)O)N2C(=O)c1ccc(Cl)cc1. The van der Waals surface area contributed by atoms with Gasteiger partial charge < -0.3 is 9.84 Å². The highest BCUT2D eigenvalue weighted by Gasteiger charge is 2.54. The van der Waals surface area contributed by atoms with Gasteiger partial charge in [0.1, 0.15) is 5.72 Å². The van der Waals surface area contributed by atoms with Gasteiger partial charge in [-0.1, -0.05) is 32.4 Å². The Kier molecular flexibility index (Phi) is 5.06. The first-order chi connectivity index (χ1) is 12.1. The molecule has 1 saturated carbocycles. The predicted molar refractivity (Wildman–Crippen MR) is 99.1 cm³/mol. The Morgan fingerprint density at radius 3 is 2.27 bits per heavy atom. The highest BCUT2D eigenvalue weighted by molar-refractivity contribution is 6.30. The van der Waals surface area contributed by atoms with Crippen LogP contribution in [-0.4, -0.2) is 40.3 Å². The molecule has 1 unspecified atom stereocenters. The summed E-state index contributed by atoms with van der Waals surface area (Å²) in [6, 6.07) is 5.60. The number of aliphatic carboxylic acids is 1. The van der Waals surface area contributed by atoms with Crippen LogP contribution in [-0.2, 0) is 9.53 Å². The van der Waals surface area contributed by atoms with Crippen molar-refractivity contribution >= 4 is 23.5 Å². The van der Waals surface area contributed by atoms with E-state index in [1.807, 2.05) is 0 Å². The van der Waals surface area contributed by atoms with Crippen molar-refractivity contribution in [2.24, 2.45) is 11.3 Å². The van der Waals surface area contributed by atoms with Crippen LogP contribution >= 0.6 is 11.6 Å². The second-order valence-corrected chi connectivity index (χ2v) is 8.87. The van der Waals surface area contributed by atoms with Crippen LogP contribution in [0.15, 0.2) is 24.3 Å². The van der Waals surface area contributed by atoms with Gasteiger partial charge in [-0.3, -0.25) is 9.69 Å². The molecule has 6 heteroatoms. The number of ether oxygens (including phenoxy) is 1. The van der Waals surface area contributed by atoms with E-state index < -0.39 is 17.7 Å². The van der Waals surface area contributed by atoms with Gasteiger partial charge >= 0.3 is 5.97 Å². The molecule has 0 aromatic heterocycles. The molecule has 1 atom stereocenters. The molecule has 1 aliphatic carbocycles. The summed E-state index contributed by atoms with van der Waals surface area (Å²) >= 11 is 5.91. The lowest BCUT2D eigenvalue weighted by atomic mass is 9.70. The van der Waals surface area contributed by atoms with Gasteiger partial charge in [-0.05, 0) is 61.3 Å². The number of carbonyl (C=O) groups is 2. The number of hydrogen-bond acceptors (Lipinski definition) is 3.